The standard InChI is InChI=1S/C22H19.2ClH.Ti/c1-14(2)17-11-12-20-19-9-5-4-8-16(19)13-21(20)22(17)18-10-6-7-15(18)3;;;/h4-9,11-12H,10H2,1-3H3;2*1H;/q;;;+2/p-2. The van der Waals surface area contributed by atoms with Crippen molar-refractivity contribution in [3.63, 3.8) is 0 Å². The molecule has 0 spiro atoms. The molecule has 2 aromatic rings. The first kappa shape index (κ1) is 20.3. The molecule has 4 rings (SSSR count). The van der Waals surface area contributed by atoms with Crippen molar-refractivity contribution in [1.29, 1.82) is 0 Å². The molecule has 0 fully saturated rings. The van der Waals surface area contributed by atoms with E-state index in [9.17, 15) is 0 Å². The Hall–Kier alpha value is -1.05. The van der Waals surface area contributed by atoms with Gasteiger partial charge in [0, 0.05) is 0 Å². The quantitative estimate of drug-likeness (QED) is 0.481. The molecular weight excluding hydrogens is 383 g/mol. The van der Waals surface area contributed by atoms with Crippen LogP contribution in [-0.4, -0.2) is 0 Å². The maximum Gasteiger partial charge on any atom is -1.00 e. The van der Waals surface area contributed by atoms with E-state index in [1.54, 1.807) is 0 Å². The zero-order valence-corrected chi connectivity index (χ0v) is 17.7. The molecule has 0 heterocycles. The minimum atomic E-state index is 0. The smallest absolute Gasteiger partial charge is 1.00 e. The molecule has 2 aromatic carbocycles. The minimum absolute atomic E-state index is 0. The zero-order valence-electron chi connectivity index (χ0n) is 14.6. The maximum atomic E-state index is 2.32. The number of fused-ring (bicyclic) bond motifs is 2. The largest absolute Gasteiger partial charge is 1.00 e. The molecule has 2 aliphatic rings. The molecule has 2 aliphatic carbocycles. The second-order valence-electron chi connectivity index (χ2n) is 6.60. The van der Waals surface area contributed by atoms with Gasteiger partial charge in [0.05, 0.1) is 0 Å². The normalized spacial score (nSPS) is 14.0. The Kier molecular flexibility index (Phi) is 6.23. The van der Waals surface area contributed by atoms with Crippen LogP contribution in [0.2, 0.25) is 0 Å². The first-order valence-corrected chi connectivity index (χ1v) is 8.90. The van der Waals surface area contributed by atoms with Gasteiger partial charge in [-0.3, -0.25) is 0 Å². The Morgan fingerprint density at radius 1 is 0.880 bits per heavy atom. The van der Waals surface area contributed by atoms with E-state index in [-0.39, 0.29) is 24.8 Å². The van der Waals surface area contributed by atoms with E-state index < -0.39 is 0 Å². The number of benzene rings is 2. The van der Waals surface area contributed by atoms with E-state index in [1.165, 1.54) is 52.6 Å². The SMILES string of the molecule is CC1=C(c2c3c(ccc2=C(C)C)=c2ccccc2=[C]3[Ti+2])CC=C1.[Cl-].[Cl-]. The third kappa shape index (κ3) is 3.11. The van der Waals surface area contributed by atoms with Gasteiger partial charge in [0.2, 0.25) is 0 Å². The van der Waals surface area contributed by atoms with Crippen LogP contribution in [0.4, 0.5) is 0 Å². The molecule has 25 heavy (non-hydrogen) atoms. The van der Waals surface area contributed by atoms with E-state index in [1.807, 2.05) is 0 Å². The van der Waals surface area contributed by atoms with Gasteiger partial charge < -0.3 is 24.8 Å². The van der Waals surface area contributed by atoms with Gasteiger partial charge in [-0.15, -0.1) is 0 Å². The fourth-order valence-electron chi connectivity index (χ4n) is 3.80. The zero-order chi connectivity index (χ0) is 16.1. The molecule has 0 nitrogen and oxygen atoms in total. The number of allylic oxidation sites excluding steroid dienone is 4. The van der Waals surface area contributed by atoms with Crippen LogP contribution < -0.4 is 35.3 Å². The second kappa shape index (κ2) is 7.68. The van der Waals surface area contributed by atoms with Crippen molar-refractivity contribution in [3.8, 4) is 0 Å². The monoisotopic (exact) mass is 401 g/mol. The van der Waals surface area contributed by atoms with Crippen molar-refractivity contribution in [2.45, 2.75) is 27.2 Å². The maximum absolute atomic E-state index is 2.32. The summed E-state index contributed by atoms with van der Waals surface area (Å²) < 4.78 is 1.42. The van der Waals surface area contributed by atoms with Crippen molar-refractivity contribution in [2.24, 2.45) is 0 Å². The molecule has 0 aromatic heterocycles. The van der Waals surface area contributed by atoms with Gasteiger partial charge in [-0.25, -0.2) is 0 Å². The summed E-state index contributed by atoms with van der Waals surface area (Å²) in [7, 11) is 0. The van der Waals surface area contributed by atoms with Gasteiger partial charge in [0.25, 0.3) is 0 Å². The topological polar surface area (TPSA) is 0 Å². The average Bonchev–Trinajstić information content (AvgIpc) is 3.09. The predicted molar refractivity (Wildman–Crippen MR) is 93.4 cm³/mol. The Balaban J connectivity index is 0.00000113. The van der Waals surface area contributed by atoms with Gasteiger partial charge in [0.15, 0.2) is 0 Å². The Morgan fingerprint density at radius 3 is 2.16 bits per heavy atom. The summed E-state index contributed by atoms with van der Waals surface area (Å²) in [6.07, 6.45) is 5.60. The number of halogens is 2. The van der Waals surface area contributed by atoms with E-state index in [2.05, 4.69) is 89.8 Å². The second-order valence-corrected chi connectivity index (χ2v) is 7.38. The van der Waals surface area contributed by atoms with Crippen LogP contribution >= 0.6 is 0 Å². The summed E-state index contributed by atoms with van der Waals surface area (Å²) in [5.74, 6) is 0. The van der Waals surface area contributed by atoms with E-state index in [4.69, 9.17) is 0 Å². The Bertz CT molecular complexity index is 1120. The van der Waals surface area contributed by atoms with E-state index in [0.717, 1.165) is 6.42 Å². The fraction of sp³-hybridized carbons (Fsp3) is 0.182. The third-order valence-corrected chi connectivity index (χ3v) is 5.76. The first-order chi connectivity index (χ1) is 11.1. The molecule has 3 heteroatoms. The molecule has 0 amide bonds. The van der Waals surface area contributed by atoms with Crippen LogP contribution in [0.5, 0.6) is 0 Å². The Labute approximate surface area is 173 Å². The van der Waals surface area contributed by atoms with Crippen molar-refractivity contribution in [2.75, 3.05) is 0 Å². The first-order valence-electron chi connectivity index (χ1n) is 8.12. The average molecular weight is 402 g/mol. The molecule has 0 aliphatic heterocycles. The van der Waals surface area contributed by atoms with Gasteiger partial charge in [-0.2, -0.15) is 0 Å². The van der Waals surface area contributed by atoms with Gasteiger partial charge in [-0.05, 0) is 0 Å². The van der Waals surface area contributed by atoms with Crippen LogP contribution in [0.1, 0.15) is 38.3 Å². The van der Waals surface area contributed by atoms with Crippen LogP contribution in [-0.2, 0) is 20.4 Å². The van der Waals surface area contributed by atoms with Crippen LogP contribution in [0.3, 0.4) is 0 Å². The molecule has 0 bridgehead atoms. The number of hydrogen-bond donors (Lipinski definition) is 0. The molecule has 0 radical (unpaired) electrons. The van der Waals surface area contributed by atoms with E-state index >= 15 is 0 Å². The van der Waals surface area contributed by atoms with Crippen molar-refractivity contribution in [1.82, 2.24) is 0 Å². The molecular formula is C22H19Cl2Ti. The number of hydrogen-bond acceptors (Lipinski definition) is 0. The van der Waals surface area contributed by atoms with Gasteiger partial charge in [0.1, 0.15) is 0 Å². The summed E-state index contributed by atoms with van der Waals surface area (Å²) in [5, 5.41) is 5.56. The van der Waals surface area contributed by atoms with Crippen LogP contribution in [0.25, 0.3) is 15.0 Å². The van der Waals surface area contributed by atoms with E-state index in [0.29, 0.717) is 0 Å². The molecule has 0 atom stereocenters. The fourth-order valence-corrected chi connectivity index (χ4v) is 4.55. The van der Waals surface area contributed by atoms with Gasteiger partial charge in [-0.1, -0.05) is 0 Å². The summed E-state index contributed by atoms with van der Waals surface area (Å²) in [5.41, 5.74) is 7.19. The summed E-state index contributed by atoms with van der Waals surface area (Å²) >= 11 is 2.28. The summed E-state index contributed by atoms with van der Waals surface area (Å²) in [6.45, 7) is 6.69. The molecule has 125 valence electrons. The van der Waals surface area contributed by atoms with Crippen molar-refractivity contribution >= 4 is 15.0 Å². The van der Waals surface area contributed by atoms with Crippen LogP contribution in [0.15, 0.2) is 54.1 Å². The number of rotatable bonds is 1. The third-order valence-electron chi connectivity index (χ3n) is 4.95. The molecule has 0 saturated heterocycles. The molecule has 0 N–H and O–H groups in total. The van der Waals surface area contributed by atoms with Crippen molar-refractivity contribution in [3.05, 3.63) is 86.1 Å². The summed E-state index contributed by atoms with van der Waals surface area (Å²) in [4.78, 5) is 0. The molecule has 0 unspecified atom stereocenters. The predicted octanol–water partition coefficient (Wildman–Crippen LogP) is -2.08. The minimum Gasteiger partial charge on any atom is -1.00 e. The molecule has 0 saturated carbocycles. The summed E-state index contributed by atoms with van der Waals surface area (Å²) in [6, 6.07) is 13.4. The Morgan fingerprint density at radius 2 is 1.56 bits per heavy atom. The van der Waals surface area contributed by atoms with Crippen molar-refractivity contribution < 1.29 is 45.2 Å². The van der Waals surface area contributed by atoms with Crippen LogP contribution in [0, 0.1) is 10.4 Å². The van der Waals surface area contributed by atoms with Gasteiger partial charge >= 0.3 is 149 Å².